The fraction of sp³-hybridized carbons (Fsp3) is 0.615. The Morgan fingerprint density at radius 2 is 2.29 bits per heavy atom. The van der Waals surface area contributed by atoms with Gasteiger partial charge < -0.3 is 4.90 Å². The number of carbonyl (C=O) groups is 1. The summed E-state index contributed by atoms with van der Waals surface area (Å²) >= 11 is 0. The standard InChI is InChI=1S/C13H15N3O/c1-8-5-16(12(17)13-2-10(13)3-13)6-9-4-14-7-15-11(8)9/h4,7-8,10H,2-3,5-6H2,1H3. The second-order valence-corrected chi connectivity index (χ2v) is 5.78. The first-order valence-corrected chi connectivity index (χ1v) is 6.29. The summed E-state index contributed by atoms with van der Waals surface area (Å²) in [5.74, 6) is 1.43. The van der Waals surface area contributed by atoms with Crippen molar-refractivity contribution in [3.05, 3.63) is 23.8 Å². The van der Waals surface area contributed by atoms with Crippen molar-refractivity contribution in [1.82, 2.24) is 14.9 Å². The Balaban J connectivity index is 1.63. The largest absolute Gasteiger partial charge is 0.337 e. The van der Waals surface area contributed by atoms with Gasteiger partial charge in [-0.25, -0.2) is 9.97 Å². The van der Waals surface area contributed by atoms with Crippen LogP contribution in [0.25, 0.3) is 0 Å². The van der Waals surface area contributed by atoms with Crippen molar-refractivity contribution in [2.75, 3.05) is 6.54 Å². The van der Waals surface area contributed by atoms with Crippen LogP contribution in [0.1, 0.15) is 36.9 Å². The molecule has 1 aromatic rings. The summed E-state index contributed by atoms with van der Waals surface area (Å²) < 4.78 is 0. The van der Waals surface area contributed by atoms with Gasteiger partial charge in [-0.05, 0) is 18.8 Å². The number of amides is 1. The lowest BCUT2D eigenvalue weighted by atomic mass is 9.96. The molecule has 0 aromatic carbocycles. The predicted molar refractivity (Wildman–Crippen MR) is 61.0 cm³/mol. The molecular formula is C13H15N3O. The van der Waals surface area contributed by atoms with Gasteiger partial charge in [-0.3, -0.25) is 4.79 Å². The van der Waals surface area contributed by atoms with Crippen LogP contribution in [0.5, 0.6) is 0 Å². The molecule has 2 fully saturated rings. The molecule has 0 N–H and O–H groups in total. The third-order valence-electron chi connectivity index (χ3n) is 4.54. The molecule has 0 saturated heterocycles. The van der Waals surface area contributed by atoms with E-state index < -0.39 is 0 Å². The molecule has 4 rings (SSSR count). The van der Waals surface area contributed by atoms with Crippen molar-refractivity contribution in [3.8, 4) is 0 Å². The van der Waals surface area contributed by atoms with Crippen molar-refractivity contribution in [1.29, 1.82) is 0 Å². The van der Waals surface area contributed by atoms with Crippen LogP contribution in [-0.4, -0.2) is 27.3 Å². The monoisotopic (exact) mass is 229 g/mol. The Hall–Kier alpha value is -1.45. The Bertz CT molecular complexity index is 507. The zero-order chi connectivity index (χ0) is 11.6. The number of rotatable bonds is 1. The van der Waals surface area contributed by atoms with E-state index in [1.165, 1.54) is 0 Å². The molecule has 2 heterocycles. The number of carbonyl (C=O) groups excluding carboxylic acids is 1. The first kappa shape index (κ1) is 9.57. The highest BCUT2D eigenvalue weighted by Gasteiger charge is 2.75. The van der Waals surface area contributed by atoms with Crippen molar-refractivity contribution < 1.29 is 4.79 Å². The van der Waals surface area contributed by atoms with E-state index >= 15 is 0 Å². The lowest BCUT2D eigenvalue weighted by molar-refractivity contribution is -0.136. The summed E-state index contributed by atoms with van der Waals surface area (Å²) in [7, 11) is 0. The van der Waals surface area contributed by atoms with E-state index in [-0.39, 0.29) is 5.41 Å². The second kappa shape index (κ2) is 2.86. The smallest absolute Gasteiger partial charge is 0.229 e. The summed E-state index contributed by atoms with van der Waals surface area (Å²) in [5, 5.41) is 0. The van der Waals surface area contributed by atoms with Crippen LogP contribution < -0.4 is 0 Å². The molecule has 17 heavy (non-hydrogen) atoms. The number of nitrogens with zero attached hydrogens (tertiary/aromatic N) is 3. The summed E-state index contributed by atoms with van der Waals surface area (Å²) in [6, 6.07) is 0. The first-order valence-electron chi connectivity index (χ1n) is 6.29. The maximum atomic E-state index is 12.4. The molecule has 1 amide bonds. The maximum absolute atomic E-state index is 12.4. The lowest BCUT2D eigenvalue weighted by Crippen LogP contribution is -2.40. The summed E-state index contributed by atoms with van der Waals surface area (Å²) in [4.78, 5) is 22.8. The van der Waals surface area contributed by atoms with E-state index in [1.807, 2.05) is 11.1 Å². The Morgan fingerprint density at radius 1 is 1.53 bits per heavy atom. The SMILES string of the molecule is CC1CN(C(=O)C23CC2C3)Cc2cncnc21. The summed E-state index contributed by atoms with van der Waals surface area (Å²) in [6.45, 7) is 3.66. The van der Waals surface area contributed by atoms with Crippen LogP contribution in [0.4, 0.5) is 0 Å². The van der Waals surface area contributed by atoms with E-state index in [0.717, 1.165) is 36.6 Å². The van der Waals surface area contributed by atoms with Crippen LogP contribution in [0.2, 0.25) is 0 Å². The van der Waals surface area contributed by atoms with Gasteiger partial charge in [-0.1, -0.05) is 6.92 Å². The van der Waals surface area contributed by atoms with Gasteiger partial charge in [-0.2, -0.15) is 0 Å². The molecular weight excluding hydrogens is 214 g/mol. The molecule has 4 nitrogen and oxygen atoms in total. The number of hydrogen-bond donors (Lipinski definition) is 0. The van der Waals surface area contributed by atoms with Gasteiger partial charge in [0.15, 0.2) is 0 Å². The molecule has 0 radical (unpaired) electrons. The van der Waals surface area contributed by atoms with Crippen molar-refractivity contribution in [3.63, 3.8) is 0 Å². The zero-order valence-corrected chi connectivity index (χ0v) is 9.89. The third kappa shape index (κ3) is 1.21. The van der Waals surface area contributed by atoms with Gasteiger partial charge in [0.2, 0.25) is 5.91 Å². The lowest BCUT2D eigenvalue weighted by Gasteiger charge is -2.32. The molecule has 1 unspecified atom stereocenters. The van der Waals surface area contributed by atoms with Crippen molar-refractivity contribution in [2.24, 2.45) is 11.3 Å². The highest BCUT2D eigenvalue weighted by molar-refractivity contribution is 5.90. The summed E-state index contributed by atoms with van der Waals surface area (Å²) in [5.41, 5.74) is 2.32. The third-order valence-corrected chi connectivity index (χ3v) is 4.54. The van der Waals surface area contributed by atoms with E-state index in [2.05, 4.69) is 16.9 Å². The molecule has 0 bridgehead atoms. The Morgan fingerprint density at radius 3 is 3.00 bits per heavy atom. The second-order valence-electron chi connectivity index (χ2n) is 5.78. The first-order chi connectivity index (χ1) is 8.21. The average molecular weight is 229 g/mol. The van der Waals surface area contributed by atoms with Gasteiger partial charge in [-0.15, -0.1) is 0 Å². The normalized spacial score (nSPS) is 37.1. The quantitative estimate of drug-likeness (QED) is 0.730. The Labute approximate surface area is 100 Å². The van der Waals surface area contributed by atoms with Crippen LogP contribution in [0.3, 0.4) is 0 Å². The highest BCUT2D eigenvalue weighted by atomic mass is 16.2. The van der Waals surface area contributed by atoms with Gasteiger partial charge in [0.25, 0.3) is 0 Å². The predicted octanol–water partition coefficient (Wildman–Crippen LogP) is 1.33. The molecule has 1 aliphatic heterocycles. The van der Waals surface area contributed by atoms with Crippen LogP contribution in [-0.2, 0) is 11.3 Å². The van der Waals surface area contributed by atoms with Gasteiger partial charge in [0.1, 0.15) is 6.33 Å². The minimum absolute atomic E-state index is 0.0901. The molecule has 3 aliphatic rings. The van der Waals surface area contributed by atoms with Crippen molar-refractivity contribution in [2.45, 2.75) is 32.2 Å². The highest BCUT2D eigenvalue weighted by Crippen LogP contribution is 2.76. The number of fused-ring (bicyclic) bond motifs is 2. The minimum Gasteiger partial charge on any atom is -0.337 e. The molecule has 2 saturated carbocycles. The van der Waals surface area contributed by atoms with Gasteiger partial charge >= 0.3 is 0 Å². The molecule has 88 valence electrons. The average Bonchev–Trinajstić information content (AvgIpc) is 3.16. The molecule has 0 spiro atoms. The fourth-order valence-electron chi connectivity index (χ4n) is 3.14. The van der Waals surface area contributed by atoms with Crippen LogP contribution in [0.15, 0.2) is 12.5 Å². The van der Waals surface area contributed by atoms with Crippen LogP contribution >= 0.6 is 0 Å². The summed E-state index contributed by atoms with van der Waals surface area (Å²) in [6.07, 6.45) is 5.72. The number of hydrogen-bond acceptors (Lipinski definition) is 3. The van der Waals surface area contributed by atoms with Crippen LogP contribution in [0, 0.1) is 11.3 Å². The topological polar surface area (TPSA) is 46.1 Å². The maximum Gasteiger partial charge on any atom is 0.229 e. The minimum atomic E-state index is 0.0901. The fourth-order valence-corrected chi connectivity index (χ4v) is 3.14. The van der Waals surface area contributed by atoms with E-state index in [1.54, 1.807) is 6.33 Å². The van der Waals surface area contributed by atoms with Gasteiger partial charge in [0.05, 0.1) is 11.1 Å². The zero-order valence-electron chi connectivity index (χ0n) is 9.89. The molecule has 1 atom stereocenters. The molecule has 1 aromatic heterocycles. The van der Waals surface area contributed by atoms with E-state index in [0.29, 0.717) is 18.4 Å². The van der Waals surface area contributed by atoms with Gasteiger partial charge in [0, 0.05) is 30.8 Å². The molecule has 4 heteroatoms. The van der Waals surface area contributed by atoms with Crippen molar-refractivity contribution >= 4 is 5.91 Å². The number of aromatic nitrogens is 2. The van der Waals surface area contributed by atoms with E-state index in [4.69, 9.17) is 0 Å². The van der Waals surface area contributed by atoms with E-state index in [9.17, 15) is 4.79 Å². The Kier molecular flexibility index (Phi) is 1.61. The molecule has 2 aliphatic carbocycles.